The van der Waals surface area contributed by atoms with Gasteiger partial charge in [0.2, 0.25) is 11.8 Å². The summed E-state index contributed by atoms with van der Waals surface area (Å²) in [7, 11) is 0. The van der Waals surface area contributed by atoms with E-state index in [0.29, 0.717) is 19.5 Å². The van der Waals surface area contributed by atoms with Gasteiger partial charge in [0.1, 0.15) is 6.04 Å². The summed E-state index contributed by atoms with van der Waals surface area (Å²) in [4.78, 5) is 49.0. The average Bonchev–Trinajstić information content (AvgIpc) is 3.58. The van der Waals surface area contributed by atoms with Gasteiger partial charge in [0.25, 0.3) is 5.91 Å². The van der Waals surface area contributed by atoms with Crippen LogP contribution >= 0.6 is 27.7 Å². The van der Waals surface area contributed by atoms with E-state index in [1.807, 2.05) is 63.2 Å². The largest absolute Gasteiger partial charge is 0.394 e. The maximum Gasteiger partial charge on any atom is 0.251 e. The molecule has 3 heterocycles. The Labute approximate surface area is 267 Å². The van der Waals surface area contributed by atoms with E-state index in [4.69, 9.17) is 0 Å². The van der Waals surface area contributed by atoms with Crippen LogP contribution in [-0.2, 0) is 14.4 Å². The lowest BCUT2D eigenvalue weighted by molar-refractivity contribution is -0.146. The van der Waals surface area contributed by atoms with E-state index in [1.54, 1.807) is 38.6 Å². The molecular weight excluding hydrogens is 626 g/mol. The molecule has 0 aliphatic carbocycles. The fraction of sp³-hybridized carbons (Fsp3) is 0.500. The summed E-state index contributed by atoms with van der Waals surface area (Å²) in [6, 6.07) is 12.5. The number of halogens is 1. The molecule has 0 aromatic heterocycles. The van der Waals surface area contributed by atoms with Gasteiger partial charge in [-0.15, -0.1) is 24.9 Å². The Hall–Kier alpha value is -2.62. The minimum atomic E-state index is -0.845. The molecule has 3 aliphatic heterocycles. The first-order chi connectivity index (χ1) is 20.6. The van der Waals surface area contributed by atoms with E-state index in [1.165, 1.54) is 0 Å². The number of rotatable bonds is 12. The Morgan fingerprint density at radius 2 is 1.84 bits per heavy atom. The van der Waals surface area contributed by atoms with Crippen molar-refractivity contribution in [3.63, 3.8) is 0 Å². The molecular formula is C34H42BrN3O4S. The van der Waals surface area contributed by atoms with Crippen LogP contribution in [0.25, 0.3) is 10.8 Å². The lowest BCUT2D eigenvalue weighted by atomic mass is 9.70. The van der Waals surface area contributed by atoms with Crippen LogP contribution in [0.2, 0.25) is 0 Å². The summed E-state index contributed by atoms with van der Waals surface area (Å²) in [6.45, 7) is 14.7. The summed E-state index contributed by atoms with van der Waals surface area (Å²) in [6.07, 6.45) is 4.80. The fourth-order valence-corrected chi connectivity index (χ4v) is 11.1. The van der Waals surface area contributed by atoms with Crippen molar-refractivity contribution in [3.8, 4) is 0 Å². The van der Waals surface area contributed by atoms with Crippen molar-refractivity contribution >= 4 is 61.9 Å². The molecule has 1 N–H and O–H groups in total. The zero-order valence-corrected chi connectivity index (χ0v) is 27.6. The molecule has 2 bridgehead atoms. The predicted molar refractivity (Wildman–Crippen MR) is 178 cm³/mol. The molecule has 2 aromatic carbocycles. The average molecular weight is 669 g/mol. The number of carbonyl (C=O) groups is 3. The van der Waals surface area contributed by atoms with Crippen LogP contribution in [0.5, 0.6) is 0 Å². The number of likely N-dealkylation sites (tertiary alicyclic amines) is 1. The SMILES string of the molecule is C=CCN(CCC)C(=O)[C@H]1[C@@H]2SC3(CC2Br)C(C(=O)N(CC=C)c2ccc4ccccc4c2)N([C@@H](CO)C(C)C)C(=O)[C@H]13. The van der Waals surface area contributed by atoms with Crippen molar-refractivity contribution in [1.29, 1.82) is 0 Å². The number of aliphatic hydroxyl groups excluding tert-OH is 1. The van der Waals surface area contributed by atoms with Crippen LogP contribution in [0.15, 0.2) is 67.8 Å². The Balaban J connectivity index is 1.63. The van der Waals surface area contributed by atoms with Gasteiger partial charge >= 0.3 is 0 Å². The van der Waals surface area contributed by atoms with Crippen LogP contribution in [0.4, 0.5) is 5.69 Å². The van der Waals surface area contributed by atoms with Gasteiger partial charge in [0, 0.05) is 35.4 Å². The van der Waals surface area contributed by atoms with Gasteiger partial charge in [0.15, 0.2) is 0 Å². The third kappa shape index (κ3) is 5.25. The quantitative estimate of drug-likeness (QED) is 0.247. The van der Waals surface area contributed by atoms with Crippen LogP contribution in [0.3, 0.4) is 0 Å². The molecule has 230 valence electrons. The zero-order valence-electron chi connectivity index (χ0n) is 25.2. The van der Waals surface area contributed by atoms with E-state index >= 15 is 0 Å². The van der Waals surface area contributed by atoms with Crippen molar-refractivity contribution < 1.29 is 19.5 Å². The maximum absolute atomic E-state index is 15.0. The molecule has 3 unspecified atom stereocenters. The van der Waals surface area contributed by atoms with Crippen LogP contribution < -0.4 is 4.90 Å². The monoisotopic (exact) mass is 667 g/mol. The highest BCUT2D eigenvalue weighted by Gasteiger charge is 2.76. The van der Waals surface area contributed by atoms with E-state index in [0.717, 1.165) is 22.9 Å². The smallest absolute Gasteiger partial charge is 0.251 e. The first-order valence-corrected chi connectivity index (χ1v) is 17.0. The second kappa shape index (κ2) is 12.8. The van der Waals surface area contributed by atoms with Crippen LogP contribution in [0.1, 0.15) is 33.6 Å². The molecule has 9 heteroatoms. The third-order valence-electron chi connectivity index (χ3n) is 9.34. The van der Waals surface area contributed by atoms with Gasteiger partial charge in [-0.05, 0) is 41.7 Å². The van der Waals surface area contributed by atoms with E-state index < -0.39 is 28.7 Å². The number of nitrogens with zero attached hydrogens (tertiary/aromatic N) is 3. The van der Waals surface area contributed by atoms with Gasteiger partial charge in [0.05, 0.1) is 29.2 Å². The highest BCUT2D eigenvalue weighted by molar-refractivity contribution is 9.09. The number of benzene rings is 2. The minimum absolute atomic E-state index is 0.0295. The van der Waals surface area contributed by atoms with Gasteiger partial charge in [-0.2, -0.15) is 0 Å². The standard InChI is InChI=1S/C34H42BrN3O4S/c1-6-15-36(16-7-2)31(40)27-28-32(41)38(26(20-39)21(4)5)30(34(28)19-25(35)29(27)43-34)33(42)37(17-8-3)24-14-13-22-11-9-10-12-23(22)18-24/h6,8-14,18,21,25-30,39H,1,3,7,15-17,19-20H2,2,4-5H3/t25?,26-,27+,28-,29+,30?,34?/m0/s1. The number of amides is 3. The summed E-state index contributed by atoms with van der Waals surface area (Å²) >= 11 is 5.50. The number of fused-ring (bicyclic) bond motifs is 2. The van der Waals surface area contributed by atoms with E-state index in [-0.39, 0.29) is 46.9 Å². The molecule has 3 amide bonds. The molecule has 43 heavy (non-hydrogen) atoms. The number of anilines is 1. The molecule has 5 rings (SSSR count). The number of carbonyl (C=O) groups excluding carboxylic acids is 3. The lowest BCUT2D eigenvalue weighted by Gasteiger charge is -2.41. The molecule has 1 spiro atoms. The molecule has 7 atom stereocenters. The number of hydrogen-bond donors (Lipinski definition) is 1. The topological polar surface area (TPSA) is 81.2 Å². The molecule has 0 saturated carbocycles. The Morgan fingerprint density at radius 1 is 1.14 bits per heavy atom. The fourth-order valence-electron chi connectivity index (χ4n) is 7.48. The highest BCUT2D eigenvalue weighted by atomic mass is 79.9. The number of thioether (sulfide) groups is 1. The second-order valence-electron chi connectivity index (χ2n) is 12.2. The zero-order chi connectivity index (χ0) is 31.1. The maximum atomic E-state index is 15.0. The van der Waals surface area contributed by atoms with Gasteiger partial charge < -0.3 is 19.8 Å². The lowest BCUT2D eigenvalue weighted by Crippen LogP contribution is -2.59. The van der Waals surface area contributed by atoms with Crippen LogP contribution in [-0.4, -0.2) is 85.8 Å². The van der Waals surface area contributed by atoms with Gasteiger partial charge in [-0.25, -0.2) is 0 Å². The number of aliphatic hydroxyl groups is 1. The Morgan fingerprint density at radius 3 is 2.47 bits per heavy atom. The number of alkyl halides is 1. The molecule has 3 saturated heterocycles. The first kappa shape index (κ1) is 31.8. The normalized spacial score (nSPS) is 28.3. The second-order valence-corrected chi connectivity index (χ2v) is 15.0. The van der Waals surface area contributed by atoms with Crippen LogP contribution in [0, 0.1) is 17.8 Å². The first-order valence-electron chi connectivity index (χ1n) is 15.2. The molecule has 3 fully saturated rings. The molecule has 7 nitrogen and oxygen atoms in total. The highest BCUT2D eigenvalue weighted by Crippen LogP contribution is 2.68. The van der Waals surface area contributed by atoms with Gasteiger partial charge in [-0.3, -0.25) is 14.4 Å². The van der Waals surface area contributed by atoms with Crippen molar-refractivity contribution in [3.05, 3.63) is 67.8 Å². The minimum Gasteiger partial charge on any atom is -0.394 e. The van der Waals surface area contributed by atoms with Crippen molar-refractivity contribution in [1.82, 2.24) is 9.80 Å². The summed E-state index contributed by atoms with van der Waals surface area (Å²) < 4.78 is -0.808. The molecule has 2 aromatic rings. The van der Waals surface area contributed by atoms with Crippen molar-refractivity contribution in [2.24, 2.45) is 17.8 Å². The summed E-state index contributed by atoms with van der Waals surface area (Å²) in [5, 5.41) is 12.5. The van der Waals surface area contributed by atoms with E-state index in [9.17, 15) is 19.5 Å². The van der Waals surface area contributed by atoms with Crippen molar-refractivity contribution in [2.75, 3.05) is 31.1 Å². The molecule has 3 aliphatic rings. The summed E-state index contributed by atoms with van der Waals surface area (Å²) in [5.41, 5.74) is 0.724. The molecule has 0 radical (unpaired) electrons. The van der Waals surface area contributed by atoms with Gasteiger partial charge in [-0.1, -0.05) is 79.2 Å². The summed E-state index contributed by atoms with van der Waals surface area (Å²) in [5.74, 6) is -1.78. The van der Waals surface area contributed by atoms with E-state index in [2.05, 4.69) is 29.1 Å². The third-order valence-corrected chi connectivity index (χ3v) is 12.6. The van der Waals surface area contributed by atoms with Crippen molar-refractivity contribution in [2.45, 2.75) is 60.5 Å². The Bertz CT molecular complexity index is 1420. The predicted octanol–water partition coefficient (Wildman–Crippen LogP) is 5.26. The Kier molecular flexibility index (Phi) is 9.45. The number of hydrogen-bond acceptors (Lipinski definition) is 5.